The molecule has 0 aliphatic heterocycles. The molecule has 1 heterocycles. The number of nitrogens with one attached hydrogen (secondary N) is 1. The maximum atomic E-state index is 11.2. The van der Waals surface area contributed by atoms with Crippen LogP contribution >= 0.6 is 12.2 Å². The van der Waals surface area contributed by atoms with Crippen LogP contribution in [-0.2, 0) is 23.0 Å². The molecule has 6 nitrogen and oxygen atoms in total. The maximum Gasteiger partial charge on any atom is 0.238 e. The summed E-state index contributed by atoms with van der Waals surface area (Å²) in [5.74, 6) is 1.56. The van der Waals surface area contributed by atoms with Crippen molar-refractivity contribution in [2.24, 2.45) is 5.14 Å². The smallest absolute Gasteiger partial charge is 0.238 e. The van der Waals surface area contributed by atoms with Crippen molar-refractivity contribution < 1.29 is 8.42 Å². The summed E-state index contributed by atoms with van der Waals surface area (Å²) in [6.45, 7) is 0.732. The van der Waals surface area contributed by atoms with Gasteiger partial charge in [-0.15, -0.1) is 0 Å². The number of aryl methyl sites for hydroxylation is 1. The van der Waals surface area contributed by atoms with Gasteiger partial charge in [-0.05, 0) is 49.2 Å². The van der Waals surface area contributed by atoms with Crippen molar-refractivity contribution in [1.82, 2.24) is 14.8 Å². The van der Waals surface area contributed by atoms with E-state index in [1.165, 1.54) is 25.0 Å². The Morgan fingerprint density at radius 2 is 2.00 bits per heavy atom. The predicted molar refractivity (Wildman–Crippen MR) is 80.9 cm³/mol. The summed E-state index contributed by atoms with van der Waals surface area (Å²) in [7, 11) is -3.63. The molecule has 1 saturated carbocycles. The minimum absolute atomic E-state index is 0.129. The van der Waals surface area contributed by atoms with Gasteiger partial charge >= 0.3 is 0 Å². The summed E-state index contributed by atoms with van der Waals surface area (Å²) >= 11 is 5.25. The summed E-state index contributed by atoms with van der Waals surface area (Å²) < 4.78 is 25.1. The van der Waals surface area contributed by atoms with E-state index in [2.05, 4.69) is 10.2 Å². The van der Waals surface area contributed by atoms with Gasteiger partial charge in [0.2, 0.25) is 10.0 Å². The van der Waals surface area contributed by atoms with E-state index in [4.69, 9.17) is 17.4 Å². The Bertz CT molecular complexity index is 801. The first-order valence-corrected chi connectivity index (χ1v) is 8.67. The third kappa shape index (κ3) is 3.22. The molecule has 21 heavy (non-hydrogen) atoms. The molecule has 0 radical (unpaired) electrons. The summed E-state index contributed by atoms with van der Waals surface area (Å²) in [4.78, 5) is 0.129. The number of rotatable bonds is 5. The van der Waals surface area contributed by atoms with Gasteiger partial charge < -0.3 is 4.57 Å². The number of aromatic nitrogens is 3. The first-order chi connectivity index (χ1) is 9.95. The molecule has 2 aromatic rings. The van der Waals surface area contributed by atoms with Gasteiger partial charge in [0.25, 0.3) is 0 Å². The molecule has 112 valence electrons. The van der Waals surface area contributed by atoms with Gasteiger partial charge in [0, 0.05) is 12.5 Å². The molecule has 1 aliphatic rings. The lowest BCUT2D eigenvalue weighted by Gasteiger charge is -2.07. The van der Waals surface area contributed by atoms with Crippen LogP contribution in [0, 0.1) is 4.77 Å². The highest BCUT2D eigenvalue weighted by Crippen LogP contribution is 2.38. The van der Waals surface area contributed by atoms with Gasteiger partial charge in [0.15, 0.2) is 4.77 Å². The Morgan fingerprint density at radius 3 is 2.57 bits per heavy atom. The summed E-state index contributed by atoms with van der Waals surface area (Å²) in [5, 5.41) is 12.2. The Labute approximate surface area is 128 Å². The zero-order valence-electron chi connectivity index (χ0n) is 11.3. The van der Waals surface area contributed by atoms with Crippen molar-refractivity contribution in [1.29, 1.82) is 0 Å². The molecular weight excluding hydrogens is 308 g/mol. The molecule has 8 heteroatoms. The van der Waals surface area contributed by atoms with Gasteiger partial charge in [0.05, 0.1) is 4.90 Å². The SMILES string of the molecule is NS(=O)(=O)c1ccc(CCn2c(C3CC3)n[nH]c2=S)cc1. The van der Waals surface area contributed by atoms with Crippen molar-refractivity contribution >= 4 is 22.2 Å². The normalized spacial score (nSPS) is 15.3. The van der Waals surface area contributed by atoms with Crippen LogP contribution in [0.4, 0.5) is 0 Å². The van der Waals surface area contributed by atoms with Crippen LogP contribution in [0.1, 0.15) is 30.1 Å². The van der Waals surface area contributed by atoms with Crippen molar-refractivity contribution in [2.75, 3.05) is 0 Å². The van der Waals surface area contributed by atoms with E-state index in [9.17, 15) is 8.42 Å². The third-order valence-electron chi connectivity index (χ3n) is 3.61. The Balaban J connectivity index is 1.73. The molecule has 1 aliphatic carbocycles. The minimum Gasteiger partial charge on any atom is -0.304 e. The average Bonchev–Trinajstić information content (AvgIpc) is 3.21. The molecule has 0 bridgehead atoms. The molecule has 1 aromatic carbocycles. The van der Waals surface area contributed by atoms with E-state index in [0.717, 1.165) is 24.4 Å². The Kier molecular flexibility index (Phi) is 3.68. The molecular formula is C13H16N4O2S2. The van der Waals surface area contributed by atoms with E-state index >= 15 is 0 Å². The van der Waals surface area contributed by atoms with Gasteiger partial charge in [-0.1, -0.05) is 12.1 Å². The monoisotopic (exact) mass is 324 g/mol. The van der Waals surface area contributed by atoms with Crippen molar-refractivity contribution in [3.05, 3.63) is 40.4 Å². The van der Waals surface area contributed by atoms with Crippen LogP contribution in [0.15, 0.2) is 29.2 Å². The van der Waals surface area contributed by atoms with Crippen molar-refractivity contribution in [2.45, 2.75) is 36.6 Å². The molecule has 0 spiro atoms. The van der Waals surface area contributed by atoms with E-state index in [1.807, 2.05) is 4.57 Å². The Morgan fingerprint density at radius 1 is 1.33 bits per heavy atom. The quantitative estimate of drug-likeness (QED) is 0.819. The fourth-order valence-corrected chi connectivity index (χ4v) is 3.03. The van der Waals surface area contributed by atoms with E-state index in [1.54, 1.807) is 12.1 Å². The third-order valence-corrected chi connectivity index (χ3v) is 4.85. The molecule has 0 amide bonds. The fourth-order valence-electron chi connectivity index (χ4n) is 2.29. The molecule has 0 atom stereocenters. The van der Waals surface area contributed by atoms with Crippen LogP contribution in [-0.4, -0.2) is 23.2 Å². The maximum absolute atomic E-state index is 11.2. The molecule has 0 saturated heterocycles. The van der Waals surface area contributed by atoms with Crippen LogP contribution in [0.3, 0.4) is 0 Å². The topological polar surface area (TPSA) is 93.8 Å². The second-order valence-corrected chi connectivity index (χ2v) is 7.20. The lowest BCUT2D eigenvalue weighted by molar-refractivity contribution is 0.597. The zero-order valence-corrected chi connectivity index (χ0v) is 13.0. The average molecular weight is 324 g/mol. The van der Waals surface area contributed by atoms with E-state index < -0.39 is 10.0 Å². The Hall–Kier alpha value is -1.51. The lowest BCUT2D eigenvalue weighted by atomic mass is 10.1. The highest BCUT2D eigenvalue weighted by atomic mass is 32.2. The summed E-state index contributed by atoms with van der Waals surface area (Å²) in [6, 6.07) is 6.61. The van der Waals surface area contributed by atoms with Gasteiger partial charge in [-0.25, -0.2) is 13.6 Å². The highest BCUT2D eigenvalue weighted by Gasteiger charge is 2.28. The highest BCUT2D eigenvalue weighted by molar-refractivity contribution is 7.89. The number of aromatic amines is 1. The van der Waals surface area contributed by atoms with Gasteiger partial charge in [0.1, 0.15) is 5.82 Å². The number of sulfonamides is 1. The second-order valence-electron chi connectivity index (χ2n) is 5.25. The molecule has 3 N–H and O–H groups in total. The standard InChI is InChI=1S/C13H16N4O2S2/c14-21(18,19)11-5-1-9(2-6-11)7-8-17-12(10-3-4-10)15-16-13(17)20/h1-2,5-6,10H,3-4,7-8H2,(H,16,20)(H2,14,18,19). The van der Waals surface area contributed by atoms with E-state index in [0.29, 0.717) is 10.7 Å². The number of hydrogen-bond acceptors (Lipinski definition) is 4. The number of benzene rings is 1. The van der Waals surface area contributed by atoms with Gasteiger partial charge in [-0.2, -0.15) is 5.10 Å². The summed E-state index contributed by atoms with van der Waals surface area (Å²) in [5.41, 5.74) is 1.03. The number of H-pyrrole nitrogens is 1. The van der Waals surface area contributed by atoms with Crippen LogP contribution in [0.5, 0.6) is 0 Å². The van der Waals surface area contributed by atoms with Crippen LogP contribution < -0.4 is 5.14 Å². The molecule has 1 aromatic heterocycles. The first-order valence-electron chi connectivity index (χ1n) is 6.72. The first kappa shape index (κ1) is 14.4. The fraction of sp³-hybridized carbons (Fsp3) is 0.385. The molecule has 3 rings (SSSR count). The minimum atomic E-state index is -3.63. The largest absolute Gasteiger partial charge is 0.304 e. The molecule has 0 unspecified atom stereocenters. The van der Waals surface area contributed by atoms with Crippen molar-refractivity contribution in [3.63, 3.8) is 0 Å². The summed E-state index contributed by atoms with van der Waals surface area (Å²) in [6.07, 6.45) is 3.10. The van der Waals surface area contributed by atoms with Crippen LogP contribution in [0.25, 0.3) is 0 Å². The van der Waals surface area contributed by atoms with Crippen molar-refractivity contribution in [3.8, 4) is 0 Å². The second kappa shape index (κ2) is 5.36. The number of primary sulfonamides is 1. The molecule has 1 fully saturated rings. The number of hydrogen-bond donors (Lipinski definition) is 2. The lowest BCUT2D eigenvalue weighted by Crippen LogP contribution is -2.12. The number of nitrogens with zero attached hydrogens (tertiary/aromatic N) is 2. The number of nitrogens with two attached hydrogens (primary N) is 1. The van der Waals surface area contributed by atoms with Gasteiger partial charge in [-0.3, -0.25) is 5.10 Å². The zero-order chi connectivity index (χ0) is 15.0. The van der Waals surface area contributed by atoms with Crippen LogP contribution in [0.2, 0.25) is 0 Å². The van der Waals surface area contributed by atoms with E-state index in [-0.39, 0.29) is 4.90 Å². The predicted octanol–water partition coefficient (Wildman–Crippen LogP) is 1.71.